The Bertz CT molecular complexity index is 2840. The van der Waals surface area contributed by atoms with Gasteiger partial charge in [-0.15, -0.1) is 0 Å². The fourth-order valence-electron chi connectivity index (χ4n) is 7.13. The van der Waals surface area contributed by atoms with Gasteiger partial charge in [-0.2, -0.15) is 0 Å². The third-order valence-corrected chi connectivity index (χ3v) is 10.5. The number of carboxylic acids is 3. The van der Waals surface area contributed by atoms with Gasteiger partial charge in [-0.25, -0.2) is 46.9 Å². The Hall–Kier alpha value is -7.56. The second kappa shape index (κ2) is 23.6. The van der Waals surface area contributed by atoms with Crippen LogP contribution in [0.5, 0.6) is 23.0 Å². The highest BCUT2D eigenvalue weighted by atomic mass is 19.1. The Balaban J connectivity index is 0.000000167. The lowest BCUT2D eigenvalue weighted by Gasteiger charge is -2.22. The van der Waals surface area contributed by atoms with Gasteiger partial charge in [-0.3, -0.25) is 0 Å². The monoisotopic (exact) mass is 925 g/mol. The summed E-state index contributed by atoms with van der Waals surface area (Å²) in [6.45, 7) is 3.33. The molecule has 17 heteroatoms. The number of fused-ring (bicyclic) bond motifs is 3. The molecule has 1 aliphatic rings. The van der Waals surface area contributed by atoms with Crippen LogP contribution in [0, 0.1) is 29.2 Å². The molecule has 7 aromatic rings. The molecule has 13 nitrogen and oxygen atoms in total. The Morgan fingerprint density at radius 1 is 0.507 bits per heavy atom. The van der Waals surface area contributed by atoms with Crippen LogP contribution in [0.25, 0.3) is 32.7 Å². The molecule has 0 atom stereocenters. The van der Waals surface area contributed by atoms with Crippen molar-refractivity contribution in [3.05, 3.63) is 137 Å². The number of carboxylic acid groups (broad SMARTS) is 3. The lowest BCUT2D eigenvalue weighted by molar-refractivity contribution is 0.0680. The van der Waals surface area contributed by atoms with E-state index in [4.69, 9.17) is 34.3 Å². The molecule has 0 amide bonds. The van der Waals surface area contributed by atoms with Crippen LogP contribution in [0.2, 0.25) is 0 Å². The lowest BCUT2D eigenvalue weighted by atomic mass is 9.90. The maximum atomic E-state index is 13.5. The fraction of sp³-hybridized carbons (Fsp3) is 0.280. The molecule has 1 saturated carbocycles. The first-order valence-corrected chi connectivity index (χ1v) is 21.6. The van der Waals surface area contributed by atoms with Crippen LogP contribution in [0.3, 0.4) is 0 Å². The number of carbonyl (C=O) groups is 3. The predicted molar refractivity (Wildman–Crippen MR) is 240 cm³/mol. The molecule has 8 rings (SSSR count). The van der Waals surface area contributed by atoms with Gasteiger partial charge < -0.3 is 34.3 Å². The first-order chi connectivity index (χ1) is 32.3. The molecule has 0 aliphatic heterocycles. The van der Waals surface area contributed by atoms with Gasteiger partial charge in [0.25, 0.3) is 0 Å². The summed E-state index contributed by atoms with van der Waals surface area (Å²) in [7, 11) is 0. The normalized spacial score (nSPS) is 12.4. The van der Waals surface area contributed by atoms with Crippen LogP contribution in [0.1, 0.15) is 89.8 Å². The minimum Gasteiger partial charge on any atom is -0.493 e. The highest BCUT2D eigenvalue weighted by Crippen LogP contribution is 2.31. The quantitative estimate of drug-likeness (QED) is 0.0614. The standard InChI is InChI=1S/C18H13F2NO4.C17H18FNO3.C15H16FNO3/c19-11-1-4-13(5-2-11)24-7-8-25-17-10-16(18(22)23)21-15-6-3-12(20)9-14(15)17;18-12-6-7-14-13(8-12)16(9-15(19-14)17(20)21)22-10-11-4-2-1-3-5-11;1-2-3-4-7-20-14-9-13(15(18)19)17-12-6-5-10(16)8-11(12)14/h1-6,9-10H,7-8H2,(H,22,23);6-9,11H,1-5,10H2,(H,20,21);5-6,8-9H,2-4,7H2,1H3,(H,18,19). The molecule has 350 valence electrons. The molecule has 3 N–H and O–H groups in total. The second-order valence-corrected chi connectivity index (χ2v) is 15.4. The van der Waals surface area contributed by atoms with Crippen molar-refractivity contribution in [2.75, 3.05) is 26.4 Å². The number of halogens is 4. The zero-order valence-electron chi connectivity index (χ0n) is 36.4. The number of rotatable bonds is 16. The summed E-state index contributed by atoms with van der Waals surface area (Å²) in [4.78, 5) is 45.3. The van der Waals surface area contributed by atoms with E-state index in [1.54, 1.807) is 0 Å². The number of aromatic carboxylic acids is 3. The van der Waals surface area contributed by atoms with Gasteiger partial charge in [-0.05, 0) is 104 Å². The molecule has 0 radical (unpaired) electrons. The van der Waals surface area contributed by atoms with E-state index in [0.29, 0.717) is 69.1 Å². The van der Waals surface area contributed by atoms with Crippen LogP contribution in [0.4, 0.5) is 17.6 Å². The second-order valence-electron chi connectivity index (χ2n) is 15.4. The first kappa shape index (κ1) is 48.9. The maximum absolute atomic E-state index is 13.5. The van der Waals surface area contributed by atoms with Gasteiger partial charge in [0, 0.05) is 34.4 Å². The third kappa shape index (κ3) is 14.0. The van der Waals surface area contributed by atoms with Gasteiger partial charge in [0.05, 0.1) is 29.8 Å². The number of unbranched alkanes of at least 4 members (excludes halogenated alkanes) is 2. The summed E-state index contributed by atoms with van der Waals surface area (Å²) in [6, 6.07) is 21.4. The fourth-order valence-corrected chi connectivity index (χ4v) is 7.13. The van der Waals surface area contributed by atoms with Crippen LogP contribution >= 0.6 is 0 Å². The van der Waals surface area contributed by atoms with Gasteiger partial charge in [0.15, 0.2) is 17.1 Å². The number of aromatic nitrogens is 3. The number of pyridine rings is 3. The number of ether oxygens (including phenoxy) is 4. The molecule has 3 aromatic heterocycles. The van der Waals surface area contributed by atoms with Crippen LogP contribution in [-0.4, -0.2) is 74.6 Å². The molecule has 0 unspecified atom stereocenters. The van der Waals surface area contributed by atoms with Crippen molar-refractivity contribution in [1.82, 2.24) is 15.0 Å². The van der Waals surface area contributed by atoms with Gasteiger partial charge in [0.1, 0.15) is 59.5 Å². The van der Waals surface area contributed by atoms with E-state index in [0.717, 1.165) is 32.1 Å². The van der Waals surface area contributed by atoms with E-state index in [9.17, 15) is 31.9 Å². The Morgan fingerprint density at radius 3 is 1.34 bits per heavy atom. The maximum Gasteiger partial charge on any atom is 0.354 e. The van der Waals surface area contributed by atoms with Crippen molar-refractivity contribution in [3.63, 3.8) is 0 Å². The zero-order valence-corrected chi connectivity index (χ0v) is 36.4. The van der Waals surface area contributed by atoms with E-state index in [-0.39, 0.29) is 47.7 Å². The average Bonchev–Trinajstić information content (AvgIpc) is 3.32. The summed E-state index contributed by atoms with van der Waals surface area (Å²) < 4.78 is 75.4. The highest BCUT2D eigenvalue weighted by Gasteiger charge is 2.18. The van der Waals surface area contributed by atoms with Crippen molar-refractivity contribution in [2.45, 2.75) is 58.3 Å². The number of nitrogens with zero attached hydrogens (tertiary/aromatic N) is 3. The smallest absolute Gasteiger partial charge is 0.354 e. The van der Waals surface area contributed by atoms with Crippen LogP contribution in [0.15, 0.2) is 97.1 Å². The Morgan fingerprint density at radius 2 is 0.910 bits per heavy atom. The van der Waals surface area contributed by atoms with E-state index in [1.165, 1.54) is 116 Å². The van der Waals surface area contributed by atoms with E-state index >= 15 is 0 Å². The molecular formula is C50H47F4N3O10. The number of hydrogen-bond acceptors (Lipinski definition) is 10. The molecule has 67 heavy (non-hydrogen) atoms. The van der Waals surface area contributed by atoms with E-state index in [2.05, 4.69) is 21.9 Å². The van der Waals surface area contributed by atoms with Gasteiger partial charge in [-0.1, -0.05) is 39.0 Å². The summed E-state index contributed by atoms with van der Waals surface area (Å²) in [5.41, 5.74) is 0.772. The molecule has 1 aliphatic carbocycles. The molecule has 0 bridgehead atoms. The summed E-state index contributed by atoms with van der Waals surface area (Å²) in [5, 5.41) is 28.7. The number of benzene rings is 4. The average molecular weight is 926 g/mol. The Kier molecular flexibility index (Phi) is 17.2. The number of hydrogen-bond donors (Lipinski definition) is 3. The predicted octanol–water partition coefficient (Wildman–Crippen LogP) is 11.3. The zero-order chi connectivity index (χ0) is 47.9. The molecule has 0 spiro atoms. The van der Waals surface area contributed by atoms with Crippen LogP contribution in [-0.2, 0) is 0 Å². The minimum absolute atomic E-state index is 0.0854. The van der Waals surface area contributed by atoms with Crippen molar-refractivity contribution in [1.29, 1.82) is 0 Å². The van der Waals surface area contributed by atoms with Gasteiger partial charge >= 0.3 is 17.9 Å². The minimum atomic E-state index is -1.21. The Labute approximate surface area is 382 Å². The van der Waals surface area contributed by atoms with Crippen molar-refractivity contribution < 1.29 is 66.2 Å². The molecular weight excluding hydrogens is 879 g/mol. The SMILES string of the molecule is CCCCCOc1cc(C(=O)O)nc2ccc(F)cc12.O=C(O)c1cc(OCC2CCCCC2)c2cc(F)ccc2n1.O=C(O)c1cc(OCCOc2ccc(F)cc2)c2cc(F)ccc2n1. The van der Waals surface area contributed by atoms with E-state index < -0.39 is 29.5 Å². The van der Waals surface area contributed by atoms with Crippen molar-refractivity contribution in [3.8, 4) is 23.0 Å². The van der Waals surface area contributed by atoms with Crippen LogP contribution < -0.4 is 18.9 Å². The molecule has 0 saturated heterocycles. The first-order valence-electron chi connectivity index (χ1n) is 21.6. The summed E-state index contributed by atoms with van der Waals surface area (Å²) in [6.07, 6.45) is 8.91. The lowest BCUT2D eigenvalue weighted by Crippen LogP contribution is -2.15. The van der Waals surface area contributed by atoms with Gasteiger partial charge in [0.2, 0.25) is 0 Å². The van der Waals surface area contributed by atoms with Crippen molar-refractivity contribution in [2.24, 2.45) is 5.92 Å². The molecule has 1 fully saturated rings. The topological polar surface area (TPSA) is 187 Å². The highest BCUT2D eigenvalue weighted by molar-refractivity contribution is 5.95. The third-order valence-electron chi connectivity index (χ3n) is 10.5. The summed E-state index contributed by atoms with van der Waals surface area (Å²) >= 11 is 0. The van der Waals surface area contributed by atoms with E-state index in [1.807, 2.05) is 0 Å². The summed E-state index contributed by atoms with van der Waals surface area (Å²) in [5.74, 6) is -3.18. The largest absolute Gasteiger partial charge is 0.493 e. The van der Waals surface area contributed by atoms with Crippen molar-refractivity contribution >= 4 is 50.6 Å². The molecule has 4 aromatic carbocycles. The molecule has 3 heterocycles.